The maximum absolute atomic E-state index is 11.1. The fourth-order valence-electron chi connectivity index (χ4n) is 4.22. The molecule has 0 heterocycles. The molecule has 2 nitrogen and oxygen atoms in total. The van der Waals surface area contributed by atoms with Crippen LogP contribution in [0.1, 0.15) is 103 Å². The summed E-state index contributed by atoms with van der Waals surface area (Å²) in [6.07, 6.45) is 25.4. The first-order valence-electron chi connectivity index (χ1n) is 10.4. The van der Waals surface area contributed by atoms with Crippen molar-refractivity contribution in [3.05, 3.63) is 24.3 Å². The van der Waals surface area contributed by atoms with Gasteiger partial charge in [0.2, 0.25) is 0 Å². The minimum absolute atomic E-state index is 0.559. The highest BCUT2D eigenvalue weighted by atomic mass is 16.3. The van der Waals surface area contributed by atoms with Gasteiger partial charge in [0.05, 0.1) is 11.2 Å². The number of aliphatic hydroxyl groups is 2. The lowest BCUT2D eigenvalue weighted by molar-refractivity contribution is -0.0405. The van der Waals surface area contributed by atoms with Gasteiger partial charge in [-0.3, -0.25) is 0 Å². The molecule has 0 saturated heterocycles. The second kappa shape index (κ2) is 10.4. The van der Waals surface area contributed by atoms with Crippen LogP contribution < -0.4 is 0 Å². The summed E-state index contributed by atoms with van der Waals surface area (Å²) in [5.74, 6) is 0. The summed E-state index contributed by atoms with van der Waals surface area (Å²) in [4.78, 5) is 0. The van der Waals surface area contributed by atoms with Gasteiger partial charge in [-0.15, -0.1) is 0 Å². The van der Waals surface area contributed by atoms with Gasteiger partial charge in [-0.25, -0.2) is 0 Å². The first-order chi connectivity index (χ1) is 11.6. The van der Waals surface area contributed by atoms with Gasteiger partial charge in [0.15, 0.2) is 0 Å². The molecule has 2 rings (SSSR count). The molecule has 0 saturated carbocycles. The van der Waals surface area contributed by atoms with Crippen LogP contribution in [0.15, 0.2) is 24.3 Å². The molecule has 138 valence electrons. The fraction of sp³-hybridized carbons (Fsp3) is 0.818. The van der Waals surface area contributed by atoms with Gasteiger partial charge < -0.3 is 10.2 Å². The number of allylic oxidation sites excluding steroid dienone is 4. The van der Waals surface area contributed by atoms with Crippen LogP contribution in [-0.2, 0) is 0 Å². The molecule has 0 aliphatic heterocycles. The molecule has 2 aliphatic carbocycles. The molecule has 0 aromatic carbocycles. The molecule has 24 heavy (non-hydrogen) atoms. The predicted octanol–water partition coefficient (Wildman–Crippen LogP) is 5.83. The van der Waals surface area contributed by atoms with Crippen LogP contribution in [0.25, 0.3) is 0 Å². The molecular weight excluding hydrogens is 296 g/mol. The van der Waals surface area contributed by atoms with Crippen molar-refractivity contribution in [2.45, 2.75) is 114 Å². The Hall–Kier alpha value is -0.600. The van der Waals surface area contributed by atoms with E-state index in [1.807, 2.05) is 0 Å². The van der Waals surface area contributed by atoms with E-state index in [1.165, 1.54) is 12.8 Å². The minimum Gasteiger partial charge on any atom is -0.390 e. The minimum atomic E-state index is -0.559. The van der Waals surface area contributed by atoms with Gasteiger partial charge in [0.1, 0.15) is 0 Å². The second-order valence-corrected chi connectivity index (χ2v) is 8.17. The Morgan fingerprint density at radius 2 is 0.833 bits per heavy atom. The molecule has 0 radical (unpaired) electrons. The molecule has 2 unspecified atom stereocenters. The molecule has 2 aliphatic rings. The van der Waals surface area contributed by atoms with E-state index in [4.69, 9.17) is 0 Å². The van der Waals surface area contributed by atoms with Crippen molar-refractivity contribution in [2.24, 2.45) is 0 Å². The Morgan fingerprint density at radius 1 is 0.500 bits per heavy atom. The van der Waals surface area contributed by atoms with E-state index in [9.17, 15) is 10.2 Å². The first kappa shape index (κ1) is 19.7. The van der Waals surface area contributed by atoms with E-state index in [2.05, 4.69) is 24.3 Å². The van der Waals surface area contributed by atoms with Crippen LogP contribution in [0.5, 0.6) is 0 Å². The summed E-state index contributed by atoms with van der Waals surface area (Å²) in [7, 11) is 0. The third kappa shape index (κ3) is 7.53. The maximum Gasteiger partial charge on any atom is 0.0649 e. The van der Waals surface area contributed by atoms with Crippen molar-refractivity contribution in [1.29, 1.82) is 0 Å². The highest BCUT2D eigenvalue weighted by Gasteiger charge is 2.32. The highest BCUT2D eigenvalue weighted by molar-refractivity contribution is 4.91. The van der Waals surface area contributed by atoms with E-state index in [0.29, 0.717) is 0 Å². The van der Waals surface area contributed by atoms with Gasteiger partial charge >= 0.3 is 0 Å². The molecule has 0 amide bonds. The van der Waals surface area contributed by atoms with Crippen molar-refractivity contribution < 1.29 is 10.2 Å². The third-order valence-corrected chi connectivity index (χ3v) is 5.94. The van der Waals surface area contributed by atoms with Gasteiger partial charge in [-0.05, 0) is 89.9 Å². The Morgan fingerprint density at radius 3 is 1.25 bits per heavy atom. The zero-order valence-electron chi connectivity index (χ0n) is 15.5. The molecule has 0 spiro atoms. The van der Waals surface area contributed by atoms with Crippen molar-refractivity contribution in [3.8, 4) is 0 Å². The van der Waals surface area contributed by atoms with E-state index < -0.39 is 11.2 Å². The van der Waals surface area contributed by atoms with Crippen molar-refractivity contribution in [2.75, 3.05) is 0 Å². The lowest BCUT2D eigenvalue weighted by atomic mass is 9.79. The highest BCUT2D eigenvalue weighted by Crippen LogP contribution is 2.34. The van der Waals surface area contributed by atoms with E-state index in [0.717, 1.165) is 89.9 Å². The predicted molar refractivity (Wildman–Crippen MR) is 102 cm³/mol. The third-order valence-electron chi connectivity index (χ3n) is 5.94. The molecule has 0 fully saturated rings. The maximum atomic E-state index is 11.1. The summed E-state index contributed by atoms with van der Waals surface area (Å²) < 4.78 is 0. The molecule has 2 N–H and O–H groups in total. The smallest absolute Gasteiger partial charge is 0.0649 e. The second-order valence-electron chi connectivity index (χ2n) is 8.17. The summed E-state index contributed by atoms with van der Waals surface area (Å²) >= 11 is 0. The Labute approximate surface area is 149 Å². The fourth-order valence-corrected chi connectivity index (χ4v) is 4.22. The quantitative estimate of drug-likeness (QED) is 0.637. The van der Waals surface area contributed by atoms with Crippen LogP contribution in [0.4, 0.5) is 0 Å². The normalized spacial score (nSPS) is 36.6. The van der Waals surface area contributed by atoms with Crippen molar-refractivity contribution >= 4 is 0 Å². The van der Waals surface area contributed by atoms with Gasteiger partial charge in [0, 0.05) is 0 Å². The van der Waals surface area contributed by atoms with Crippen molar-refractivity contribution in [3.63, 3.8) is 0 Å². The topological polar surface area (TPSA) is 40.5 Å². The van der Waals surface area contributed by atoms with Gasteiger partial charge in [-0.2, -0.15) is 0 Å². The molecule has 2 atom stereocenters. The van der Waals surface area contributed by atoms with E-state index in [-0.39, 0.29) is 0 Å². The lowest BCUT2D eigenvalue weighted by Gasteiger charge is -2.35. The molecule has 0 aromatic heterocycles. The number of hydrogen-bond donors (Lipinski definition) is 2. The zero-order valence-corrected chi connectivity index (χ0v) is 15.5. The van der Waals surface area contributed by atoms with Gasteiger partial charge in [0.25, 0.3) is 0 Å². The van der Waals surface area contributed by atoms with Crippen LogP contribution in [0.3, 0.4) is 0 Å². The SMILES string of the molecule is OC1(CCC2(O)CCC/C=C/CCCC2)CCC/C=C/CCCC1. The Kier molecular flexibility index (Phi) is 8.55. The molecule has 0 bridgehead atoms. The summed E-state index contributed by atoms with van der Waals surface area (Å²) in [6, 6.07) is 0. The summed E-state index contributed by atoms with van der Waals surface area (Å²) in [5, 5.41) is 22.2. The Bertz CT molecular complexity index is 363. The number of hydrogen-bond acceptors (Lipinski definition) is 2. The van der Waals surface area contributed by atoms with Crippen molar-refractivity contribution in [1.82, 2.24) is 0 Å². The first-order valence-corrected chi connectivity index (χ1v) is 10.4. The molecule has 2 heteroatoms. The summed E-state index contributed by atoms with van der Waals surface area (Å²) in [5.41, 5.74) is -1.12. The largest absolute Gasteiger partial charge is 0.390 e. The Balaban J connectivity index is 1.88. The average Bonchev–Trinajstić information content (AvgIpc) is 2.58. The monoisotopic (exact) mass is 334 g/mol. The van der Waals surface area contributed by atoms with Crippen LogP contribution in [0.2, 0.25) is 0 Å². The summed E-state index contributed by atoms with van der Waals surface area (Å²) in [6.45, 7) is 0. The van der Waals surface area contributed by atoms with Gasteiger partial charge in [-0.1, -0.05) is 37.1 Å². The van der Waals surface area contributed by atoms with Crippen LogP contribution in [-0.4, -0.2) is 21.4 Å². The molecular formula is C22H38O2. The van der Waals surface area contributed by atoms with E-state index in [1.54, 1.807) is 0 Å². The van der Waals surface area contributed by atoms with Crippen LogP contribution in [0, 0.1) is 0 Å². The molecule has 0 aromatic rings. The standard InChI is InChI=1S/C22H38O2/c23-21(15-11-7-3-1-4-8-12-16-21)19-20-22(24)17-13-9-5-2-6-10-14-18-22/h1-3,5,23-24H,4,6-20H2/b3-1+,5-2+. The average molecular weight is 335 g/mol. The van der Waals surface area contributed by atoms with Crippen LogP contribution >= 0.6 is 0 Å². The zero-order chi connectivity index (χ0) is 17.1. The van der Waals surface area contributed by atoms with E-state index >= 15 is 0 Å². The number of rotatable bonds is 3. The lowest BCUT2D eigenvalue weighted by Crippen LogP contribution is -2.35.